The summed E-state index contributed by atoms with van der Waals surface area (Å²) in [6.45, 7) is 0.384. The third kappa shape index (κ3) is 4.38. The molecular weight excluding hydrogens is 268 g/mol. The van der Waals surface area contributed by atoms with Crippen molar-refractivity contribution >= 4 is 12.0 Å². The molecule has 0 aliphatic heterocycles. The molecule has 0 heterocycles. The van der Waals surface area contributed by atoms with Gasteiger partial charge in [-0.05, 0) is 35.4 Å². The van der Waals surface area contributed by atoms with Crippen molar-refractivity contribution in [2.24, 2.45) is 0 Å². The zero-order valence-corrected chi connectivity index (χ0v) is 11.7. The van der Waals surface area contributed by atoms with Crippen LogP contribution in [0.5, 0.6) is 11.5 Å². The molecule has 0 saturated heterocycles. The molecule has 0 bridgehead atoms. The summed E-state index contributed by atoms with van der Waals surface area (Å²) in [6.07, 6.45) is 2.66. The van der Waals surface area contributed by atoms with E-state index in [4.69, 9.17) is 14.6 Å². The molecular formula is C17H16O4. The highest BCUT2D eigenvalue weighted by Crippen LogP contribution is 2.26. The van der Waals surface area contributed by atoms with Gasteiger partial charge in [0.15, 0.2) is 11.5 Å². The Morgan fingerprint density at radius 1 is 1.14 bits per heavy atom. The van der Waals surface area contributed by atoms with E-state index in [0.717, 1.165) is 17.2 Å². The Labute approximate surface area is 123 Å². The molecule has 2 rings (SSSR count). The van der Waals surface area contributed by atoms with Gasteiger partial charge in [0.05, 0.1) is 7.11 Å². The Bertz CT molecular complexity index is 647. The molecule has 0 atom stereocenters. The fourth-order valence-electron chi connectivity index (χ4n) is 1.85. The summed E-state index contributed by atoms with van der Waals surface area (Å²) in [5.41, 5.74) is 1.77. The highest BCUT2D eigenvalue weighted by Gasteiger charge is 2.03. The van der Waals surface area contributed by atoms with Gasteiger partial charge in [-0.1, -0.05) is 30.3 Å². The highest BCUT2D eigenvalue weighted by molar-refractivity contribution is 5.85. The van der Waals surface area contributed by atoms with Crippen LogP contribution in [0.15, 0.2) is 54.6 Å². The van der Waals surface area contributed by atoms with Crippen molar-refractivity contribution in [2.45, 2.75) is 6.61 Å². The molecule has 0 radical (unpaired) electrons. The molecule has 21 heavy (non-hydrogen) atoms. The van der Waals surface area contributed by atoms with Crippen LogP contribution in [0.25, 0.3) is 6.08 Å². The van der Waals surface area contributed by atoms with Gasteiger partial charge in [0, 0.05) is 6.08 Å². The Kier molecular flexibility index (Phi) is 4.99. The van der Waals surface area contributed by atoms with Gasteiger partial charge < -0.3 is 14.6 Å². The van der Waals surface area contributed by atoms with Crippen molar-refractivity contribution in [3.05, 3.63) is 65.7 Å². The Balaban J connectivity index is 2.06. The second kappa shape index (κ2) is 7.14. The molecule has 0 spiro atoms. The molecule has 0 aliphatic carbocycles. The van der Waals surface area contributed by atoms with Crippen molar-refractivity contribution < 1.29 is 19.4 Å². The number of aliphatic carboxylic acids is 1. The minimum absolute atomic E-state index is 0.384. The Morgan fingerprint density at radius 2 is 1.90 bits per heavy atom. The molecule has 0 unspecified atom stereocenters. The molecule has 0 fully saturated rings. The molecule has 4 heteroatoms. The zero-order chi connectivity index (χ0) is 15.1. The summed E-state index contributed by atoms with van der Waals surface area (Å²) >= 11 is 0. The van der Waals surface area contributed by atoms with Crippen LogP contribution >= 0.6 is 0 Å². The number of carbonyl (C=O) groups is 1. The molecule has 1 N–H and O–H groups in total. The molecule has 108 valence electrons. The maximum atomic E-state index is 10.5. The smallest absolute Gasteiger partial charge is 0.328 e. The van der Waals surface area contributed by atoms with Crippen LogP contribution in [0.1, 0.15) is 11.1 Å². The number of carboxylic acid groups (broad SMARTS) is 1. The molecule has 0 saturated carbocycles. The highest BCUT2D eigenvalue weighted by atomic mass is 16.5. The van der Waals surface area contributed by atoms with E-state index in [2.05, 4.69) is 0 Å². The number of benzene rings is 2. The van der Waals surface area contributed by atoms with Gasteiger partial charge in [0.2, 0.25) is 0 Å². The number of hydrogen-bond acceptors (Lipinski definition) is 3. The van der Waals surface area contributed by atoms with Crippen molar-refractivity contribution in [2.75, 3.05) is 7.11 Å². The van der Waals surface area contributed by atoms with Crippen LogP contribution in [-0.4, -0.2) is 18.2 Å². The van der Waals surface area contributed by atoms with Gasteiger partial charge in [0.25, 0.3) is 0 Å². The van der Waals surface area contributed by atoms with E-state index in [1.54, 1.807) is 13.2 Å². The summed E-state index contributed by atoms with van der Waals surface area (Å²) in [6, 6.07) is 14.9. The lowest BCUT2D eigenvalue weighted by Crippen LogP contribution is -1.97. The fraction of sp³-hybridized carbons (Fsp3) is 0.118. The van der Waals surface area contributed by atoms with E-state index >= 15 is 0 Å². The van der Waals surface area contributed by atoms with Gasteiger partial charge in [0.1, 0.15) is 6.61 Å². The van der Waals surface area contributed by atoms with Gasteiger partial charge in [-0.3, -0.25) is 0 Å². The van der Waals surface area contributed by atoms with Crippen LogP contribution in [0.2, 0.25) is 0 Å². The Morgan fingerprint density at radius 3 is 2.62 bits per heavy atom. The van der Waals surface area contributed by atoms with Crippen LogP contribution in [-0.2, 0) is 11.4 Å². The SMILES string of the molecule is COc1ccccc1OCc1cccc(C=CC(=O)O)c1. The fourth-order valence-corrected chi connectivity index (χ4v) is 1.85. The molecule has 0 amide bonds. The second-order valence-electron chi connectivity index (χ2n) is 4.36. The van der Waals surface area contributed by atoms with E-state index in [1.165, 1.54) is 0 Å². The first kappa shape index (κ1) is 14.7. The van der Waals surface area contributed by atoms with Crippen LogP contribution < -0.4 is 9.47 Å². The Hall–Kier alpha value is -2.75. The third-order valence-corrected chi connectivity index (χ3v) is 2.83. The van der Waals surface area contributed by atoms with E-state index in [-0.39, 0.29) is 0 Å². The first-order chi connectivity index (χ1) is 10.2. The molecule has 0 aromatic heterocycles. The topological polar surface area (TPSA) is 55.8 Å². The standard InChI is InChI=1S/C17H16O4/c1-20-15-7-2-3-8-16(15)21-12-14-6-4-5-13(11-14)9-10-17(18)19/h2-11H,12H2,1H3,(H,18,19). The van der Waals surface area contributed by atoms with E-state index in [1.807, 2.05) is 48.5 Å². The van der Waals surface area contributed by atoms with Gasteiger partial charge in [-0.2, -0.15) is 0 Å². The lowest BCUT2D eigenvalue weighted by molar-refractivity contribution is -0.131. The van der Waals surface area contributed by atoms with Crippen molar-refractivity contribution in [1.82, 2.24) is 0 Å². The summed E-state index contributed by atoms with van der Waals surface area (Å²) in [5, 5.41) is 8.63. The molecule has 2 aromatic rings. The van der Waals surface area contributed by atoms with Crippen LogP contribution in [0.4, 0.5) is 0 Å². The minimum atomic E-state index is -0.967. The third-order valence-electron chi connectivity index (χ3n) is 2.83. The van der Waals surface area contributed by atoms with E-state index in [9.17, 15) is 4.79 Å². The lowest BCUT2D eigenvalue weighted by atomic mass is 10.1. The number of carboxylic acids is 1. The van der Waals surface area contributed by atoms with Gasteiger partial charge in [-0.15, -0.1) is 0 Å². The average molecular weight is 284 g/mol. The zero-order valence-electron chi connectivity index (χ0n) is 11.7. The number of para-hydroxylation sites is 2. The first-order valence-corrected chi connectivity index (χ1v) is 6.45. The molecule has 4 nitrogen and oxygen atoms in total. The summed E-state index contributed by atoms with van der Waals surface area (Å²) in [7, 11) is 1.60. The quantitative estimate of drug-likeness (QED) is 0.826. The minimum Gasteiger partial charge on any atom is -0.493 e. The summed E-state index contributed by atoms with van der Waals surface area (Å²) < 4.78 is 11.0. The summed E-state index contributed by atoms with van der Waals surface area (Å²) in [4.78, 5) is 10.5. The van der Waals surface area contributed by atoms with Crippen molar-refractivity contribution in [3.63, 3.8) is 0 Å². The second-order valence-corrected chi connectivity index (χ2v) is 4.36. The maximum absolute atomic E-state index is 10.5. The number of rotatable bonds is 6. The largest absolute Gasteiger partial charge is 0.493 e. The predicted octanol–water partition coefficient (Wildman–Crippen LogP) is 3.37. The van der Waals surface area contributed by atoms with Crippen LogP contribution in [0.3, 0.4) is 0 Å². The van der Waals surface area contributed by atoms with Gasteiger partial charge >= 0.3 is 5.97 Å². The molecule has 2 aromatic carbocycles. The van der Waals surface area contributed by atoms with Crippen molar-refractivity contribution in [3.8, 4) is 11.5 Å². The number of ether oxygens (including phenoxy) is 2. The maximum Gasteiger partial charge on any atom is 0.328 e. The predicted molar refractivity (Wildman–Crippen MR) is 80.4 cm³/mol. The van der Waals surface area contributed by atoms with Crippen LogP contribution in [0, 0.1) is 0 Å². The monoisotopic (exact) mass is 284 g/mol. The average Bonchev–Trinajstić information content (AvgIpc) is 2.51. The normalized spacial score (nSPS) is 10.5. The molecule has 0 aliphatic rings. The summed E-state index contributed by atoms with van der Waals surface area (Å²) in [5.74, 6) is 0.386. The number of hydrogen-bond donors (Lipinski definition) is 1. The lowest BCUT2D eigenvalue weighted by Gasteiger charge is -2.10. The first-order valence-electron chi connectivity index (χ1n) is 6.45. The van der Waals surface area contributed by atoms with E-state index in [0.29, 0.717) is 18.1 Å². The van der Waals surface area contributed by atoms with E-state index < -0.39 is 5.97 Å². The van der Waals surface area contributed by atoms with Gasteiger partial charge in [-0.25, -0.2) is 4.79 Å². The number of methoxy groups -OCH3 is 1. The van der Waals surface area contributed by atoms with Crippen molar-refractivity contribution in [1.29, 1.82) is 0 Å².